The van der Waals surface area contributed by atoms with Crippen molar-refractivity contribution >= 4 is 28.6 Å². The number of fused-ring (bicyclic) bond motifs is 1. The van der Waals surface area contributed by atoms with Crippen molar-refractivity contribution in [1.82, 2.24) is 9.55 Å². The standard InChI is InChI=1S/C23H19ClN2O4/c1-14(2)29-17-8-6-16(7-9-17)26-20-10-11-22(25-19(20)13-21(26)23(27)28)30-18-5-3-4-15(24)12-18/h3-14H,1-2H3,(H,27,28). The molecule has 0 saturated heterocycles. The van der Waals surface area contributed by atoms with Gasteiger partial charge in [0, 0.05) is 16.8 Å². The van der Waals surface area contributed by atoms with Gasteiger partial charge in [-0.05, 0) is 68.4 Å². The van der Waals surface area contributed by atoms with Crippen LogP contribution in [0.4, 0.5) is 0 Å². The number of benzene rings is 2. The monoisotopic (exact) mass is 422 g/mol. The molecule has 0 aliphatic carbocycles. The van der Waals surface area contributed by atoms with Gasteiger partial charge in [0.2, 0.25) is 5.88 Å². The van der Waals surface area contributed by atoms with Crippen LogP contribution in [0.2, 0.25) is 5.02 Å². The van der Waals surface area contributed by atoms with Gasteiger partial charge in [-0.3, -0.25) is 0 Å². The molecule has 0 aliphatic rings. The predicted octanol–water partition coefficient (Wildman–Crippen LogP) is 5.96. The van der Waals surface area contributed by atoms with Crippen molar-refractivity contribution in [1.29, 1.82) is 0 Å². The van der Waals surface area contributed by atoms with Crippen LogP contribution in [-0.2, 0) is 0 Å². The summed E-state index contributed by atoms with van der Waals surface area (Å²) in [6.45, 7) is 3.90. The number of carbonyl (C=O) groups is 1. The molecule has 0 saturated carbocycles. The number of rotatable bonds is 6. The lowest BCUT2D eigenvalue weighted by Gasteiger charge is -2.12. The van der Waals surface area contributed by atoms with Crippen LogP contribution in [-0.4, -0.2) is 26.7 Å². The van der Waals surface area contributed by atoms with E-state index in [1.807, 2.05) is 38.1 Å². The molecule has 4 aromatic rings. The lowest BCUT2D eigenvalue weighted by molar-refractivity contribution is 0.0688. The zero-order chi connectivity index (χ0) is 21.3. The van der Waals surface area contributed by atoms with Crippen LogP contribution in [0.25, 0.3) is 16.7 Å². The Morgan fingerprint density at radius 3 is 2.47 bits per heavy atom. The number of carboxylic acids is 1. The van der Waals surface area contributed by atoms with E-state index in [2.05, 4.69) is 4.98 Å². The average Bonchev–Trinajstić information content (AvgIpc) is 3.07. The molecule has 0 aliphatic heterocycles. The molecule has 2 aromatic carbocycles. The van der Waals surface area contributed by atoms with E-state index < -0.39 is 5.97 Å². The Balaban J connectivity index is 1.74. The Morgan fingerprint density at radius 1 is 1.03 bits per heavy atom. The third-order valence-corrected chi connectivity index (χ3v) is 4.57. The van der Waals surface area contributed by atoms with Gasteiger partial charge in [0.15, 0.2) is 0 Å². The van der Waals surface area contributed by atoms with Gasteiger partial charge in [0.25, 0.3) is 0 Å². The first-order chi connectivity index (χ1) is 14.4. The Kier molecular flexibility index (Phi) is 5.33. The molecule has 1 N–H and O–H groups in total. The van der Waals surface area contributed by atoms with E-state index in [4.69, 9.17) is 21.1 Å². The number of nitrogens with zero attached hydrogens (tertiary/aromatic N) is 2. The van der Waals surface area contributed by atoms with Crippen LogP contribution in [0.5, 0.6) is 17.4 Å². The minimum atomic E-state index is -1.05. The molecule has 2 heterocycles. The second-order valence-electron chi connectivity index (χ2n) is 6.94. The first kappa shape index (κ1) is 19.8. The number of ether oxygens (including phenoxy) is 2. The molecule has 0 amide bonds. The Bertz CT molecular complexity index is 1220. The van der Waals surface area contributed by atoms with Crippen LogP contribution >= 0.6 is 11.6 Å². The number of aromatic nitrogens is 2. The number of carboxylic acid groups (broad SMARTS) is 1. The van der Waals surface area contributed by atoms with Crippen LogP contribution in [0.3, 0.4) is 0 Å². The molecule has 152 valence electrons. The number of aromatic carboxylic acids is 1. The molecule has 6 nitrogen and oxygen atoms in total. The van der Waals surface area contributed by atoms with Crippen LogP contribution in [0.1, 0.15) is 24.3 Å². The summed E-state index contributed by atoms with van der Waals surface area (Å²) in [6.07, 6.45) is 0.0555. The number of pyridine rings is 1. The third-order valence-electron chi connectivity index (χ3n) is 4.34. The van der Waals surface area contributed by atoms with Gasteiger partial charge < -0.3 is 19.1 Å². The summed E-state index contributed by atoms with van der Waals surface area (Å²) in [6, 6.07) is 19.3. The fraction of sp³-hybridized carbons (Fsp3) is 0.130. The fourth-order valence-electron chi connectivity index (χ4n) is 3.16. The zero-order valence-electron chi connectivity index (χ0n) is 16.4. The summed E-state index contributed by atoms with van der Waals surface area (Å²) in [7, 11) is 0. The van der Waals surface area contributed by atoms with Crippen LogP contribution in [0.15, 0.2) is 66.7 Å². The largest absolute Gasteiger partial charge is 0.491 e. The molecule has 0 spiro atoms. The molecule has 0 fully saturated rings. The van der Waals surface area contributed by atoms with E-state index >= 15 is 0 Å². The van der Waals surface area contributed by atoms with Gasteiger partial charge in [0.05, 0.1) is 17.1 Å². The van der Waals surface area contributed by atoms with E-state index in [0.29, 0.717) is 33.4 Å². The predicted molar refractivity (Wildman–Crippen MR) is 115 cm³/mol. The maximum Gasteiger partial charge on any atom is 0.352 e. The van der Waals surface area contributed by atoms with Crippen LogP contribution in [0, 0.1) is 0 Å². The van der Waals surface area contributed by atoms with Gasteiger partial charge in [-0.2, -0.15) is 0 Å². The highest BCUT2D eigenvalue weighted by atomic mass is 35.5. The second kappa shape index (κ2) is 8.08. The number of halogens is 1. The van der Waals surface area contributed by atoms with Crippen LogP contribution < -0.4 is 9.47 Å². The normalized spacial score (nSPS) is 11.1. The van der Waals surface area contributed by atoms with E-state index in [9.17, 15) is 9.90 Å². The highest BCUT2D eigenvalue weighted by Crippen LogP contribution is 2.29. The zero-order valence-corrected chi connectivity index (χ0v) is 17.1. The van der Waals surface area contributed by atoms with E-state index in [0.717, 1.165) is 5.75 Å². The fourth-order valence-corrected chi connectivity index (χ4v) is 3.34. The van der Waals surface area contributed by atoms with Gasteiger partial charge >= 0.3 is 5.97 Å². The van der Waals surface area contributed by atoms with Gasteiger partial charge in [-0.15, -0.1) is 0 Å². The van der Waals surface area contributed by atoms with E-state index in [1.54, 1.807) is 41.0 Å². The molecule has 2 aromatic heterocycles. The van der Waals surface area contributed by atoms with Crippen molar-refractivity contribution in [2.45, 2.75) is 20.0 Å². The topological polar surface area (TPSA) is 73.6 Å². The summed E-state index contributed by atoms with van der Waals surface area (Å²) < 4.78 is 13.1. The lowest BCUT2D eigenvalue weighted by atomic mass is 10.2. The molecule has 30 heavy (non-hydrogen) atoms. The smallest absolute Gasteiger partial charge is 0.352 e. The highest BCUT2D eigenvalue weighted by Gasteiger charge is 2.18. The molecule has 7 heteroatoms. The Hall–Kier alpha value is -3.51. The molecule has 0 bridgehead atoms. The molecular formula is C23H19ClN2O4. The second-order valence-corrected chi connectivity index (χ2v) is 7.38. The quantitative estimate of drug-likeness (QED) is 0.415. The molecule has 4 rings (SSSR count). The number of hydrogen-bond donors (Lipinski definition) is 1. The molecule has 0 radical (unpaired) electrons. The Morgan fingerprint density at radius 2 is 1.80 bits per heavy atom. The summed E-state index contributed by atoms with van der Waals surface area (Å²) in [4.78, 5) is 16.3. The minimum Gasteiger partial charge on any atom is -0.491 e. The lowest BCUT2D eigenvalue weighted by Crippen LogP contribution is -2.07. The van der Waals surface area contributed by atoms with Crippen molar-refractivity contribution in [3.05, 3.63) is 77.4 Å². The molecule has 0 unspecified atom stereocenters. The highest BCUT2D eigenvalue weighted by molar-refractivity contribution is 6.30. The summed E-state index contributed by atoms with van der Waals surface area (Å²) in [5.74, 6) is 0.567. The SMILES string of the molecule is CC(C)Oc1ccc(-n2c(C(=O)O)cc3nc(Oc4cccc(Cl)c4)ccc32)cc1. The number of hydrogen-bond acceptors (Lipinski definition) is 4. The molecule has 0 atom stereocenters. The van der Waals surface area contributed by atoms with E-state index in [1.165, 1.54) is 6.07 Å². The summed E-state index contributed by atoms with van der Waals surface area (Å²) >= 11 is 5.99. The van der Waals surface area contributed by atoms with Gasteiger partial charge in [-0.25, -0.2) is 9.78 Å². The minimum absolute atomic E-state index is 0.0555. The first-order valence-corrected chi connectivity index (χ1v) is 9.75. The maximum absolute atomic E-state index is 11.9. The molecular weight excluding hydrogens is 404 g/mol. The van der Waals surface area contributed by atoms with Gasteiger partial charge in [0.1, 0.15) is 17.2 Å². The van der Waals surface area contributed by atoms with Crippen molar-refractivity contribution in [3.63, 3.8) is 0 Å². The summed E-state index contributed by atoms with van der Waals surface area (Å²) in [5, 5.41) is 10.3. The van der Waals surface area contributed by atoms with Gasteiger partial charge in [-0.1, -0.05) is 17.7 Å². The van der Waals surface area contributed by atoms with Crippen molar-refractivity contribution in [2.24, 2.45) is 0 Å². The first-order valence-electron chi connectivity index (χ1n) is 9.37. The average molecular weight is 423 g/mol. The summed E-state index contributed by atoms with van der Waals surface area (Å²) in [5.41, 5.74) is 1.97. The third kappa shape index (κ3) is 4.09. The van der Waals surface area contributed by atoms with E-state index in [-0.39, 0.29) is 11.8 Å². The van der Waals surface area contributed by atoms with Crippen molar-refractivity contribution in [2.75, 3.05) is 0 Å². The van der Waals surface area contributed by atoms with Crippen molar-refractivity contribution < 1.29 is 19.4 Å². The Labute approximate surface area is 178 Å². The van der Waals surface area contributed by atoms with Crippen molar-refractivity contribution in [3.8, 4) is 23.1 Å². The maximum atomic E-state index is 11.9.